The van der Waals surface area contributed by atoms with Crippen LogP contribution in [0.25, 0.3) is 0 Å². The Bertz CT molecular complexity index is 592. The van der Waals surface area contributed by atoms with Crippen molar-refractivity contribution < 1.29 is 0 Å². The van der Waals surface area contributed by atoms with Crippen LogP contribution in [-0.4, -0.2) is 21.1 Å². The van der Waals surface area contributed by atoms with Gasteiger partial charge >= 0.3 is 0 Å². The second kappa shape index (κ2) is 6.16. The Morgan fingerprint density at radius 1 is 1.42 bits per heavy atom. The number of aromatic nitrogens is 2. The molecule has 4 nitrogen and oxygen atoms in total. The molecule has 0 aliphatic carbocycles. The van der Waals surface area contributed by atoms with E-state index in [-0.39, 0.29) is 5.84 Å². The topological polar surface area (TPSA) is 67.7 Å². The zero-order chi connectivity index (χ0) is 13.8. The van der Waals surface area contributed by atoms with Crippen molar-refractivity contribution in [1.82, 2.24) is 9.55 Å². The van der Waals surface area contributed by atoms with Crippen molar-refractivity contribution in [3.63, 3.8) is 0 Å². The molecule has 1 heterocycles. The number of amidine groups is 1. The fourth-order valence-corrected chi connectivity index (χ4v) is 3.58. The summed E-state index contributed by atoms with van der Waals surface area (Å²) in [6, 6.07) is 5.99. The van der Waals surface area contributed by atoms with Gasteiger partial charge in [-0.2, -0.15) is 0 Å². The molecule has 0 aliphatic heterocycles. The van der Waals surface area contributed by atoms with Gasteiger partial charge in [-0.05, 0) is 17.9 Å². The van der Waals surface area contributed by atoms with Crippen LogP contribution in [0.4, 0.5) is 0 Å². The van der Waals surface area contributed by atoms with Crippen molar-refractivity contribution >= 4 is 29.4 Å². The summed E-state index contributed by atoms with van der Waals surface area (Å²) in [7, 11) is 1.95. The lowest BCUT2D eigenvalue weighted by Gasteiger charge is -2.12. The number of imidazole rings is 1. The highest BCUT2D eigenvalue weighted by molar-refractivity contribution is 8.00. The number of aryl methyl sites for hydroxylation is 1. The molecule has 2 rings (SSSR count). The Morgan fingerprint density at radius 2 is 2.16 bits per heavy atom. The van der Waals surface area contributed by atoms with E-state index in [4.69, 9.17) is 11.1 Å². The zero-order valence-electron chi connectivity index (χ0n) is 10.9. The number of nitrogens with two attached hydrogens (primary N) is 1. The average Bonchev–Trinajstić information content (AvgIpc) is 2.75. The van der Waals surface area contributed by atoms with E-state index in [0.717, 1.165) is 26.3 Å². The number of hydrogen-bond donors (Lipinski definition) is 2. The predicted octanol–water partition coefficient (Wildman–Crippen LogP) is 2.97. The van der Waals surface area contributed by atoms with Crippen molar-refractivity contribution in [1.29, 1.82) is 5.41 Å². The molecule has 2 aromatic rings. The molecule has 0 unspecified atom stereocenters. The largest absolute Gasteiger partial charge is 0.384 e. The summed E-state index contributed by atoms with van der Waals surface area (Å²) < 4.78 is 1.95. The fourth-order valence-electron chi connectivity index (χ4n) is 1.69. The minimum absolute atomic E-state index is 0.105. The summed E-state index contributed by atoms with van der Waals surface area (Å²) in [4.78, 5) is 6.32. The van der Waals surface area contributed by atoms with E-state index in [1.807, 2.05) is 36.0 Å². The first-order valence-corrected chi connectivity index (χ1v) is 7.69. The Hall–Kier alpha value is -1.40. The van der Waals surface area contributed by atoms with E-state index in [1.54, 1.807) is 18.0 Å². The van der Waals surface area contributed by atoms with Crippen LogP contribution >= 0.6 is 23.5 Å². The molecule has 0 saturated heterocycles. The monoisotopic (exact) mass is 292 g/mol. The number of nitrogen functional groups attached to an aromatic ring is 1. The van der Waals surface area contributed by atoms with Crippen LogP contribution in [0.5, 0.6) is 0 Å². The lowest BCUT2D eigenvalue weighted by atomic mass is 10.2. The van der Waals surface area contributed by atoms with Gasteiger partial charge < -0.3 is 10.3 Å². The number of nitrogens with zero attached hydrogens (tertiary/aromatic N) is 2. The third-order valence-corrected chi connectivity index (χ3v) is 4.61. The highest BCUT2D eigenvalue weighted by Gasteiger charge is 2.14. The Kier molecular flexibility index (Phi) is 4.55. The molecule has 6 heteroatoms. The van der Waals surface area contributed by atoms with Gasteiger partial charge in [-0.25, -0.2) is 4.98 Å². The Labute approximate surface area is 121 Å². The molecule has 1 aromatic heterocycles. The standard InChI is InChI=1S/C13H16N4S2/c1-3-18-9-5-4-6-10(11(9)12(14)15)19-13-16-7-8-17(13)2/h4-8H,3H2,1-2H3,(H3,14,15). The van der Waals surface area contributed by atoms with E-state index in [9.17, 15) is 0 Å². The maximum Gasteiger partial charge on any atom is 0.172 e. The van der Waals surface area contributed by atoms with Crippen LogP contribution in [0.15, 0.2) is 45.5 Å². The van der Waals surface area contributed by atoms with E-state index in [0.29, 0.717) is 0 Å². The van der Waals surface area contributed by atoms with E-state index in [2.05, 4.69) is 11.9 Å². The van der Waals surface area contributed by atoms with Crippen molar-refractivity contribution in [2.75, 3.05) is 5.75 Å². The molecular weight excluding hydrogens is 276 g/mol. The maximum absolute atomic E-state index is 7.80. The van der Waals surface area contributed by atoms with Crippen LogP contribution in [0, 0.1) is 5.41 Å². The molecule has 0 saturated carbocycles. The summed E-state index contributed by atoms with van der Waals surface area (Å²) in [6.07, 6.45) is 3.67. The minimum atomic E-state index is 0.105. The zero-order valence-corrected chi connectivity index (χ0v) is 12.5. The molecule has 3 N–H and O–H groups in total. The van der Waals surface area contributed by atoms with Crippen LogP contribution in [0.2, 0.25) is 0 Å². The minimum Gasteiger partial charge on any atom is -0.384 e. The van der Waals surface area contributed by atoms with Gasteiger partial charge in [0.05, 0.1) is 0 Å². The fraction of sp³-hybridized carbons (Fsp3) is 0.231. The number of hydrogen-bond acceptors (Lipinski definition) is 4. The summed E-state index contributed by atoms with van der Waals surface area (Å²) in [5.41, 5.74) is 6.55. The summed E-state index contributed by atoms with van der Waals surface area (Å²) in [5.74, 6) is 1.06. The molecule has 0 amide bonds. The summed E-state index contributed by atoms with van der Waals surface area (Å²) >= 11 is 3.23. The highest BCUT2D eigenvalue weighted by atomic mass is 32.2. The number of thioether (sulfide) groups is 1. The van der Waals surface area contributed by atoms with Gasteiger partial charge in [0.15, 0.2) is 5.16 Å². The van der Waals surface area contributed by atoms with E-state index < -0.39 is 0 Å². The smallest absolute Gasteiger partial charge is 0.172 e. The Balaban J connectivity index is 2.42. The first-order valence-electron chi connectivity index (χ1n) is 5.89. The molecule has 0 spiro atoms. The first kappa shape index (κ1) is 14.0. The van der Waals surface area contributed by atoms with Gasteiger partial charge in [0.25, 0.3) is 0 Å². The molecule has 0 radical (unpaired) electrons. The predicted molar refractivity (Wildman–Crippen MR) is 81.2 cm³/mol. The molecule has 0 aliphatic rings. The molecule has 19 heavy (non-hydrogen) atoms. The maximum atomic E-state index is 7.80. The second-order valence-electron chi connectivity index (χ2n) is 3.90. The van der Waals surface area contributed by atoms with E-state index >= 15 is 0 Å². The van der Waals surface area contributed by atoms with Gasteiger partial charge in [0.1, 0.15) is 5.84 Å². The second-order valence-corrected chi connectivity index (χ2v) is 6.21. The third kappa shape index (κ3) is 3.13. The van der Waals surface area contributed by atoms with Crippen LogP contribution in [-0.2, 0) is 7.05 Å². The molecule has 0 atom stereocenters. The van der Waals surface area contributed by atoms with Gasteiger partial charge in [0, 0.05) is 34.8 Å². The Morgan fingerprint density at radius 3 is 2.74 bits per heavy atom. The van der Waals surface area contributed by atoms with E-state index in [1.165, 1.54) is 11.8 Å². The van der Waals surface area contributed by atoms with Crippen LogP contribution in [0.3, 0.4) is 0 Å². The van der Waals surface area contributed by atoms with Gasteiger partial charge in [0.2, 0.25) is 0 Å². The molecule has 1 aromatic carbocycles. The molecule has 0 fully saturated rings. The number of nitrogens with one attached hydrogen (secondary N) is 1. The van der Waals surface area contributed by atoms with Gasteiger partial charge in [-0.15, -0.1) is 11.8 Å². The molecular formula is C13H16N4S2. The first-order chi connectivity index (χ1) is 9.13. The highest BCUT2D eigenvalue weighted by Crippen LogP contribution is 2.34. The normalized spacial score (nSPS) is 10.6. The molecule has 100 valence electrons. The van der Waals surface area contributed by atoms with Gasteiger partial charge in [-0.3, -0.25) is 5.41 Å². The average molecular weight is 292 g/mol. The number of benzene rings is 1. The van der Waals surface area contributed by atoms with Crippen LogP contribution in [0.1, 0.15) is 12.5 Å². The quantitative estimate of drug-likeness (QED) is 0.505. The van der Waals surface area contributed by atoms with Crippen LogP contribution < -0.4 is 5.73 Å². The third-order valence-electron chi connectivity index (χ3n) is 2.54. The summed E-state index contributed by atoms with van der Waals surface area (Å²) in [6.45, 7) is 2.09. The lowest BCUT2D eigenvalue weighted by molar-refractivity contribution is 0.790. The van der Waals surface area contributed by atoms with Crippen molar-refractivity contribution in [2.45, 2.75) is 21.9 Å². The van der Waals surface area contributed by atoms with Crippen molar-refractivity contribution in [3.05, 3.63) is 36.2 Å². The summed E-state index contributed by atoms with van der Waals surface area (Å²) in [5, 5.41) is 8.69. The van der Waals surface area contributed by atoms with Crippen molar-refractivity contribution in [2.24, 2.45) is 12.8 Å². The molecule has 0 bridgehead atoms. The number of rotatable bonds is 5. The van der Waals surface area contributed by atoms with Gasteiger partial charge in [-0.1, -0.05) is 24.8 Å². The lowest BCUT2D eigenvalue weighted by Crippen LogP contribution is -2.14. The SMILES string of the molecule is CCSc1cccc(Sc2nccn2C)c1C(=N)N. The van der Waals surface area contributed by atoms with Crippen molar-refractivity contribution in [3.8, 4) is 0 Å².